The van der Waals surface area contributed by atoms with Crippen LogP contribution in [0.3, 0.4) is 0 Å². The van der Waals surface area contributed by atoms with Crippen LogP contribution in [0.4, 0.5) is 0 Å². The number of carbonyl (C=O) groups is 3. The van der Waals surface area contributed by atoms with Crippen LogP contribution >= 0.6 is 11.8 Å². The van der Waals surface area contributed by atoms with E-state index in [4.69, 9.17) is 9.47 Å². The molecule has 8 heteroatoms. The number of hydrogen-bond acceptors (Lipinski definition) is 6. The van der Waals surface area contributed by atoms with Crippen LogP contribution in [-0.4, -0.2) is 57.6 Å². The lowest BCUT2D eigenvalue weighted by Crippen LogP contribution is -2.71. The molecule has 0 aromatic heterocycles. The SMILES string of the molecule is CCCOC(=O)C1N2C(=O)C(NC(=O)C(C)Oc3ccccc3)C2SC1(C)C. The number of para-hydroxylation sites is 1. The highest BCUT2D eigenvalue weighted by Crippen LogP contribution is 2.51. The van der Waals surface area contributed by atoms with Gasteiger partial charge in [-0.15, -0.1) is 11.8 Å². The summed E-state index contributed by atoms with van der Waals surface area (Å²) in [6.45, 7) is 7.73. The fourth-order valence-electron chi connectivity index (χ4n) is 3.44. The van der Waals surface area contributed by atoms with Crippen molar-refractivity contribution in [2.24, 2.45) is 0 Å². The number of nitrogens with one attached hydrogen (secondary N) is 1. The number of thioether (sulfide) groups is 1. The number of nitrogens with zero attached hydrogens (tertiary/aromatic N) is 1. The third-order valence-corrected chi connectivity index (χ3v) is 6.41. The number of ether oxygens (including phenoxy) is 2. The zero-order valence-electron chi connectivity index (χ0n) is 16.5. The van der Waals surface area contributed by atoms with Gasteiger partial charge in [-0.1, -0.05) is 25.1 Å². The third kappa shape index (κ3) is 3.83. The second kappa shape index (κ2) is 8.03. The van der Waals surface area contributed by atoms with Crippen molar-refractivity contribution in [3.63, 3.8) is 0 Å². The Kier molecular flexibility index (Phi) is 5.88. The first-order valence-corrected chi connectivity index (χ1v) is 10.3. The van der Waals surface area contributed by atoms with E-state index >= 15 is 0 Å². The lowest BCUT2D eigenvalue weighted by molar-refractivity contribution is -0.164. The van der Waals surface area contributed by atoms with Gasteiger partial charge in [0.2, 0.25) is 5.91 Å². The normalized spacial score (nSPS) is 26.1. The van der Waals surface area contributed by atoms with Crippen molar-refractivity contribution in [2.75, 3.05) is 6.61 Å². The molecule has 2 aliphatic heterocycles. The van der Waals surface area contributed by atoms with Crippen LogP contribution in [0.5, 0.6) is 5.75 Å². The van der Waals surface area contributed by atoms with Crippen molar-refractivity contribution in [2.45, 2.75) is 62.4 Å². The molecule has 0 saturated carbocycles. The molecule has 0 bridgehead atoms. The molecule has 0 spiro atoms. The van der Waals surface area contributed by atoms with Gasteiger partial charge in [0.15, 0.2) is 6.10 Å². The molecule has 152 valence electrons. The number of benzene rings is 1. The topological polar surface area (TPSA) is 84.9 Å². The summed E-state index contributed by atoms with van der Waals surface area (Å²) < 4.78 is 10.4. The summed E-state index contributed by atoms with van der Waals surface area (Å²) in [5.74, 6) is -0.429. The second-order valence-electron chi connectivity index (χ2n) is 7.49. The molecule has 3 rings (SSSR count). The zero-order chi connectivity index (χ0) is 20.5. The van der Waals surface area contributed by atoms with Crippen LogP contribution in [0.15, 0.2) is 30.3 Å². The quantitative estimate of drug-likeness (QED) is 0.550. The molecular formula is C20H26N2O5S. The number of carbonyl (C=O) groups excluding carboxylic acids is 3. The first-order valence-electron chi connectivity index (χ1n) is 9.45. The fraction of sp³-hybridized carbons (Fsp3) is 0.550. The Morgan fingerprint density at radius 1 is 1.29 bits per heavy atom. The average molecular weight is 407 g/mol. The first kappa shape index (κ1) is 20.5. The second-order valence-corrected chi connectivity index (χ2v) is 9.26. The molecule has 2 saturated heterocycles. The minimum atomic E-state index is -0.742. The molecule has 7 nitrogen and oxygen atoms in total. The van der Waals surface area contributed by atoms with Crippen molar-refractivity contribution < 1.29 is 23.9 Å². The molecular weight excluding hydrogens is 380 g/mol. The summed E-state index contributed by atoms with van der Waals surface area (Å²) >= 11 is 1.51. The monoisotopic (exact) mass is 406 g/mol. The van der Waals surface area contributed by atoms with Crippen LogP contribution in [0, 0.1) is 0 Å². The van der Waals surface area contributed by atoms with Gasteiger partial charge >= 0.3 is 5.97 Å². The average Bonchev–Trinajstić information content (AvgIpc) is 2.92. The molecule has 1 aromatic carbocycles. The van der Waals surface area contributed by atoms with E-state index in [2.05, 4.69) is 5.32 Å². The predicted octanol–water partition coefficient (Wildman–Crippen LogP) is 1.95. The van der Waals surface area contributed by atoms with Gasteiger partial charge in [0.1, 0.15) is 23.2 Å². The molecule has 2 aliphatic rings. The van der Waals surface area contributed by atoms with E-state index in [1.165, 1.54) is 16.7 Å². The van der Waals surface area contributed by atoms with Crippen molar-refractivity contribution in [1.82, 2.24) is 10.2 Å². The lowest BCUT2D eigenvalue weighted by Gasteiger charge is -2.44. The Hall–Kier alpha value is -2.22. The van der Waals surface area contributed by atoms with E-state index < -0.39 is 22.9 Å². The van der Waals surface area contributed by atoms with E-state index in [0.717, 1.165) is 6.42 Å². The Balaban J connectivity index is 1.62. The Morgan fingerprint density at radius 3 is 2.61 bits per heavy atom. The van der Waals surface area contributed by atoms with Gasteiger partial charge in [-0.3, -0.25) is 9.59 Å². The summed E-state index contributed by atoms with van der Waals surface area (Å²) in [6.07, 6.45) is -0.0181. The van der Waals surface area contributed by atoms with E-state index in [1.807, 2.05) is 39.0 Å². The van der Waals surface area contributed by atoms with Crippen molar-refractivity contribution in [3.05, 3.63) is 30.3 Å². The van der Waals surface area contributed by atoms with Gasteiger partial charge in [0.05, 0.1) is 6.61 Å². The summed E-state index contributed by atoms with van der Waals surface area (Å²) in [5, 5.41) is 2.49. The Labute approximate surface area is 169 Å². The van der Waals surface area contributed by atoms with E-state index in [9.17, 15) is 14.4 Å². The summed E-state index contributed by atoms with van der Waals surface area (Å²) in [7, 11) is 0. The molecule has 2 fully saturated rings. The van der Waals surface area contributed by atoms with Crippen molar-refractivity contribution >= 4 is 29.5 Å². The molecule has 2 amide bonds. The van der Waals surface area contributed by atoms with Crippen LogP contribution in [0.1, 0.15) is 34.1 Å². The molecule has 28 heavy (non-hydrogen) atoms. The summed E-state index contributed by atoms with van der Waals surface area (Å²) in [5.41, 5.74) is 0. The van der Waals surface area contributed by atoms with Gasteiger partial charge in [-0.2, -0.15) is 0 Å². The molecule has 1 N–H and O–H groups in total. The minimum Gasteiger partial charge on any atom is -0.481 e. The highest BCUT2D eigenvalue weighted by Gasteiger charge is 2.64. The van der Waals surface area contributed by atoms with E-state index in [-0.39, 0.29) is 23.2 Å². The molecule has 1 aromatic rings. The molecule has 4 unspecified atom stereocenters. The van der Waals surface area contributed by atoms with Gasteiger partial charge in [-0.25, -0.2) is 4.79 Å². The number of esters is 1. The predicted molar refractivity (Wildman–Crippen MR) is 106 cm³/mol. The Morgan fingerprint density at radius 2 is 1.96 bits per heavy atom. The lowest BCUT2D eigenvalue weighted by atomic mass is 9.96. The molecule has 4 atom stereocenters. The van der Waals surface area contributed by atoms with Crippen LogP contribution in [0.2, 0.25) is 0 Å². The highest BCUT2D eigenvalue weighted by molar-refractivity contribution is 8.01. The largest absolute Gasteiger partial charge is 0.481 e. The number of rotatable bonds is 7. The maximum absolute atomic E-state index is 12.7. The third-order valence-electron chi connectivity index (χ3n) is 4.84. The smallest absolute Gasteiger partial charge is 0.330 e. The first-order chi connectivity index (χ1) is 13.3. The van der Waals surface area contributed by atoms with Crippen LogP contribution in [-0.2, 0) is 19.1 Å². The standard InChI is InChI=1S/C20H26N2O5S/c1-5-11-26-19(25)15-20(3,4)28-18-14(17(24)22(15)18)21-16(23)12(2)27-13-9-7-6-8-10-13/h6-10,12,14-15,18H,5,11H2,1-4H3,(H,21,23). The number of β-lactam (4-membered cyclic amide) rings is 1. The summed E-state index contributed by atoms with van der Waals surface area (Å²) in [6, 6.07) is 7.73. The van der Waals surface area contributed by atoms with Crippen LogP contribution < -0.4 is 10.1 Å². The molecule has 2 heterocycles. The van der Waals surface area contributed by atoms with E-state index in [0.29, 0.717) is 12.4 Å². The summed E-state index contributed by atoms with van der Waals surface area (Å²) in [4.78, 5) is 39.2. The van der Waals surface area contributed by atoms with Gasteiger partial charge in [-0.05, 0) is 39.3 Å². The number of fused-ring (bicyclic) bond motifs is 1. The number of amides is 2. The van der Waals surface area contributed by atoms with Crippen molar-refractivity contribution in [1.29, 1.82) is 0 Å². The maximum Gasteiger partial charge on any atom is 0.330 e. The maximum atomic E-state index is 12.7. The molecule has 0 radical (unpaired) electrons. The fourth-order valence-corrected chi connectivity index (χ4v) is 5.06. The zero-order valence-corrected chi connectivity index (χ0v) is 17.3. The number of hydrogen-bond donors (Lipinski definition) is 1. The van der Waals surface area contributed by atoms with Gasteiger partial charge in [0, 0.05) is 4.75 Å². The van der Waals surface area contributed by atoms with Gasteiger partial charge < -0.3 is 19.7 Å². The van der Waals surface area contributed by atoms with Gasteiger partial charge in [0.25, 0.3) is 5.91 Å². The molecule has 0 aliphatic carbocycles. The Bertz CT molecular complexity index is 754. The minimum absolute atomic E-state index is 0.262. The highest BCUT2D eigenvalue weighted by atomic mass is 32.2. The van der Waals surface area contributed by atoms with Crippen LogP contribution in [0.25, 0.3) is 0 Å². The van der Waals surface area contributed by atoms with E-state index in [1.54, 1.807) is 19.1 Å². The van der Waals surface area contributed by atoms with Crippen molar-refractivity contribution in [3.8, 4) is 5.75 Å².